The minimum absolute atomic E-state index is 0.0215. The monoisotopic (exact) mass is 864 g/mol. The molecule has 0 radical (unpaired) electrons. The minimum atomic E-state index is -0.198. The maximum atomic E-state index is 2.69. The van der Waals surface area contributed by atoms with Gasteiger partial charge in [0.25, 0.3) is 6.71 Å². The van der Waals surface area contributed by atoms with Crippen LogP contribution in [0, 0.1) is 6.92 Å². The Morgan fingerprint density at radius 2 is 1.11 bits per heavy atom. The first kappa shape index (κ1) is 40.9. The Labute approximate surface area is 391 Å². The van der Waals surface area contributed by atoms with Crippen LogP contribution >= 0.6 is 11.3 Å². The lowest BCUT2D eigenvalue weighted by Gasteiger charge is -2.48. The van der Waals surface area contributed by atoms with E-state index in [9.17, 15) is 0 Å². The van der Waals surface area contributed by atoms with Crippen molar-refractivity contribution >= 4 is 88.7 Å². The van der Waals surface area contributed by atoms with E-state index >= 15 is 0 Å². The number of nitrogens with zero attached hydrogens (tertiary/aromatic N) is 2. The third kappa shape index (κ3) is 5.65. The summed E-state index contributed by atoms with van der Waals surface area (Å²) in [7, 11) is 0. The predicted octanol–water partition coefficient (Wildman–Crippen LogP) is 15.1. The molecule has 8 aromatic rings. The van der Waals surface area contributed by atoms with Gasteiger partial charge in [0.05, 0.1) is 5.69 Å². The summed E-state index contributed by atoms with van der Waals surface area (Å²) in [6.45, 7) is 29.1. The molecule has 0 saturated heterocycles. The van der Waals surface area contributed by atoms with E-state index < -0.39 is 0 Å². The minimum Gasteiger partial charge on any atom is -0.311 e. The van der Waals surface area contributed by atoms with Crippen LogP contribution in [0.3, 0.4) is 0 Å². The van der Waals surface area contributed by atoms with Crippen LogP contribution in [0.4, 0.5) is 34.1 Å². The van der Waals surface area contributed by atoms with Gasteiger partial charge in [-0.15, -0.1) is 11.3 Å². The summed E-state index contributed by atoms with van der Waals surface area (Å²) in [5.74, 6) is 0. The highest BCUT2D eigenvalue weighted by Crippen LogP contribution is 2.55. The Balaban J connectivity index is 1.22. The highest BCUT2D eigenvalue weighted by atomic mass is 32.1. The molecule has 65 heavy (non-hydrogen) atoms. The van der Waals surface area contributed by atoms with Crippen LogP contribution in [0.2, 0.25) is 0 Å². The van der Waals surface area contributed by atoms with Crippen LogP contribution in [0.25, 0.3) is 20.2 Å². The highest BCUT2D eigenvalue weighted by molar-refractivity contribution is 7.26. The smallest absolute Gasteiger partial charge is 0.252 e. The summed E-state index contributed by atoms with van der Waals surface area (Å²) in [4.78, 5) is 5.34. The van der Waals surface area contributed by atoms with Crippen molar-refractivity contribution in [2.75, 3.05) is 9.80 Å². The van der Waals surface area contributed by atoms with Crippen molar-refractivity contribution in [3.63, 3.8) is 0 Å². The van der Waals surface area contributed by atoms with Crippen LogP contribution in [0.5, 0.6) is 0 Å². The maximum Gasteiger partial charge on any atom is 0.252 e. The average Bonchev–Trinajstić information content (AvgIpc) is 3.66. The molecule has 0 N–H and O–H groups in total. The quantitative estimate of drug-likeness (QED) is 0.160. The molecule has 0 spiro atoms. The van der Waals surface area contributed by atoms with E-state index in [1.807, 2.05) is 11.3 Å². The molecule has 0 bridgehead atoms. The van der Waals surface area contributed by atoms with Crippen molar-refractivity contribution in [1.82, 2.24) is 0 Å². The van der Waals surface area contributed by atoms with Gasteiger partial charge in [0.2, 0.25) is 0 Å². The van der Waals surface area contributed by atoms with Crippen molar-refractivity contribution in [2.24, 2.45) is 0 Å². The number of hydrogen-bond acceptors (Lipinski definition) is 3. The summed E-state index contributed by atoms with van der Waals surface area (Å²) in [5.41, 5.74) is 23.0. The number of aryl methyl sites for hydroxylation is 1. The molecule has 4 heteroatoms. The van der Waals surface area contributed by atoms with E-state index in [0.717, 1.165) is 0 Å². The second-order valence-corrected chi connectivity index (χ2v) is 24.4. The van der Waals surface area contributed by atoms with E-state index in [0.29, 0.717) is 0 Å². The van der Waals surface area contributed by atoms with Gasteiger partial charge in [0, 0.05) is 59.4 Å². The molecule has 2 nitrogen and oxygen atoms in total. The predicted molar refractivity (Wildman–Crippen MR) is 283 cm³/mol. The zero-order valence-electron chi connectivity index (χ0n) is 40.4. The molecule has 0 atom stereocenters. The van der Waals surface area contributed by atoms with Gasteiger partial charge < -0.3 is 9.80 Å². The fraction of sp³-hybridized carbons (Fsp3) is 0.311. The van der Waals surface area contributed by atoms with Gasteiger partial charge in [-0.25, -0.2) is 0 Å². The van der Waals surface area contributed by atoms with Crippen LogP contribution in [-0.4, -0.2) is 6.71 Å². The van der Waals surface area contributed by atoms with Crippen LogP contribution in [0.1, 0.15) is 134 Å². The first-order valence-corrected chi connectivity index (χ1v) is 24.8. The second-order valence-electron chi connectivity index (χ2n) is 23.3. The van der Waals surface area contributed by atoms with Crippen LogP contribution in [-0.2, 0) is 27.1 Å². The lowest BCUT2D eigenvalue weighted by Crippen LogP contribution is -2.62. The molecule has 0 unspecified atom stereocenters. The van der Waals surface area contributed by atoms with Crippen molar-refractivity contribution in [1.29, 1.82) is 0 Å². The Morgan fingerprint density at radius 1 is 0.492 bits per heavy atom. The highest BCUT2D eigenvalue weighted by Gasteiger charge is 2.49. The Hall–Kier alpha value is -5.58. The van der Waals surface area contributed by atoms with Crippen molar-refractivity contribution in [2.45, 2.75) is 123 Å². The molecule has 1 aromatic heterocycles. The summed E-state index contributed by atoms with van der Waals surface area (Å²) >= 11 is 1.91. The van der Waals surface area contributed by atoms with Crippen molar-refractivity contribution < 1.29 is 0 Å². The fourth-order valence-electron chi connectivity index (χ4n) is 12.7. The lowest BCUT2D eigenvalue weighted by molar-refractivity contribution is 0.332. The standard InChI is InChI=1S/C61H61BN2S/c1-36-30-51-56-52(31-36)64(49-21-17-23-54-55(49)39-18-13-16-22-53(39)65-54)50-35-45-44(60(9,10)41-19-14-15-20-42(41)61(45,11)12)34-47(50)62(56)46-32-37(57(2,3)4)24-27-48(46)63(51)38-25-26-40-43(33-38)59(7,8)29-28-58(40,5)6/h13-27,30-35H,28-29H2,1-12H3. The first-order chi connectivity index (χ1) is 30.8. The zero-order chi connectivity index (χ0) is 45.3. The Bertz CT molecular complexity index is 3350. The van der Waals surface area contributed by atoms with E-state index in [1.165, 1.54) is 128 Å². The Kier molecular flexibility index (Phi) is 8.36. The normalized spacial score (nSPS) is 18.1. The topological polar surface area (TPSA) is 6.48 Å². The van der Waals surface area contributed by atoms with Crippen molar-refractivity contribution in [3.8, 4) is 0 Å². The molecule has 324 valence electrons. The van der Waals surface area contributed by atoms with E-state index in [4.69, 9.17) is 0 Å². The van der Waals surface area contributed by atoms with E-state index in [1.54, 1.807) is 0 Å². The van der Waals surface area contributed by atoms with Gasteiger partial charge in [0.1, 0.15) is 0 Å². The summed E-state index contributed by atoms with van der Waals surface area (Å²) in [6.07, 6.45) is 2.38. The van der Waals surface area contributed by atoms with Crippen LogP contribution in [0.15, 0.2) is 127 Å². The second kappa shape index (κ2) is 13.3. The van der Waals surface area contributed by atoms with E-state index in [2.05, 4.69) is 220 Å². The molecule has 0 amide bonds. The lowest BCUT2D eigenvalue weighted by atomic mass is 9.33. The molecular formula is C61H61BN2S. The maximum absolute atomic E-state index is 2.69. The Morgan fingerprint density at radius 3 is 1.82 bits per heavy atom. The van der Waals surface area contributed by atoms with Gasteiger partial charge in [-0.3, -0.25) is 0 Å². The van der Waals surface area contributed by atoms with Gasteiger partial charge in [0.15, 0.2) is 0 Å². The number of thiophene rings is 1. The summed E-state index contributed by atoms with van der Waals surface area (Å²) in [6, 6.07) is 50.5. The molecular weight excluding hydrogens is 804 g/mol. The number of benzene rings is 7. The SMILES string of the molecule is Cc1cc2c3c(c1)N(c1cccc4sc5ccccc5c14)c1cc4c(cc1B3c1cc(C(C)(C)C)ccc1N2c1ccc2c(c1)C(C)(C)CCC2(C)C)C(C)(C)c1ccccc1C4(C)C. The molecule has 2 aliphatic heterocycles. The fourth-order valence-corrected chi connectivity index (χ4v) is 13.9. The molecule has 7 aromatic carbocycles. The summed E-state index contributed by atoms with van der Waals surface area (Å²) in [5, 5.41) is 2.65. The summed E-state index contributed by atoms with van der Waals surface area (Å²) < 4.78 is 2.65. The van der Waals surface area contributed by atoms with Gasteiger partial charge in [-0.2, -0.15) is 0 Å². The molecule has 4 aliphatic rings. The van der Waals surface area contributed by atoms with Gasteiger partial charge in [-0.1, -0.05) is 149 Å². The number of anilines is 6. The van der Waals surface area contributed by atoms with Crippen molar-refractivity contribution in [3.05, 3.63) is 172 Å². The number of fused-ring (bicyclic) bond motifs is 10. The molecule has 12 rings (SSSR count). The van der Waals surface area contributed by atoms with Crippen LogP contribution < -0.4 is 26.2 Å². The number of rotatable bonds is 2. The molecule has 3 heterocycles. The first-order valence-electron chi connectivity index (χ1n) is 24.0. The van der Waals surface area contributed by atoms with Gasteiger partial charge >= 0.3 is 0 Å². The van der Waals surface area contributed by atoms with Gasteiger partial charge in [-0.05, 0) is 152 Å². The van der Waals surface area contributed by atoms with E-state index in [-0.39, 0.29) is 33.8 Å². The average molecular weight is 865 g/mol. The third-order valence-corrected chi connectivity index (χ3v) is 17.7. The number of hydrogen-bond donors (Lipinski definition) is 0. The molecule has 0 fully saturated rings. The third-order valence-electron chi connectivity index (χ3n) is 16.6. The largest absolute Gasteiger partial charge is 0.311 e. The molecule has 0 saturated carbocycles. The molecule has 2 aliphatic carbocycles. The zero-order valence-corrected chi connectivity index (χ0v) is 41.2.